The van der Waals surface area contributed by atoms with Gasteiger partial charge in [0.05, 0.1) is 0 Å². The predicted molar refractivity (Wildman–Crippen MR) is 70.7 cm³/mol. The molecule has 9 heteroatoms. The van der Waals surface area contributed by atoms with Gasteiger partial charge in [-0.05, 0) is 0 Å². The summed E-state index contributed by atoms with van der Waals surface area (Å²) in [6.07, 6.45) is 0. The molecule has 0 rings (SSSR count). The summed E-state index contributed by atoms with van der Waals surface area (Å²) < 4.78 is 5.11. The molecular formula is C8H20Mg4O4Si. The molecule has 0 heterocycles. The van der Waals surface area contributed by atoms with E-state index >= 15 is 0 Å². The summed E-state index contributed by atoms with van der Waals surface area (Å²) in [7, 11) is -5.61. The quantitative estimate of drug-likeness (QED) is 0.453. The molecule has 0 amide bonds. The largest absolute Gasteiger partial charge is 0.894 e. The topological polar surface area (TPSA) is 92.2 Å². The van der Waals surface area contributed by atoms with Gasteiger partial charge < -0.3 is 28.2 Å². The van der Waals surface area contributed by atoms with E-state index in [0.29, 0.717) is 0 Å². The minimum atomic E-state index is -5.61. The molecule has 0 saturated carbocycles. The Morgan fingerprint density at radius 2 is 0.588 bits per heavy atom. The Balaban J connectivity index is -0.0000000362. The monoisotopic (exact) mass is 304 g/mol. The summed E-state index contributed by atoms with van der Waals surface area (Å²) in [6, 6.07) is 0. The Bertz CT molecular complexity index is 72.4. The van der Waals surface area contributed by atoms with Gasteiger partial charge in [-0.25, -0.2) is 0 Å². The van der Waals surface area contributed by atoms with Gasteiger partial charge in [0.1, 0.15) is 0 Å². The maximum atomic E-state index is 8.58. The van der Waals surface area contributed by atoms with Crippen LogP contribution >= 0.6 is 0 Å². The van der Waals surface area contributed by atoms with E-state index in [2.05, 4.69) is 27.7 Å². The molecule has 0 radical (unpaired) electrons. The van der Waals surface area contributed by atoms with Gasteiger partial charge in [0, 0.05) is 0 Å². The van der Waals surface area contributed by atoms with E-state index in [1.165, 1.54) is 18.2 Å². The zero-order valence-electron chi connectivity index (χ0n) is 11.8. The summed E-state index contributed by atoms with van der Waals surface area (Å²) in [5.74, 6) is 0. The molecule has 0 aliphatic heterocycles. The summed E-state index contributed by atoms with van der Waals surface area (Å²) in [5, 5.41) is 0. The standard InChI is InChI=1S/4C2H5.4Mg.O4Si/c4*1-2;;;;;1-5(2,3)4/h4*1H2,2H3;;;;;/q;;;;4*+1;-4. The van der Waals surface area contributed by atoms with Crippen LogP contribution in [-0.4, -0.2) is 95.9 Å². The van der Waals surface area contributed by atoms with Crippen LogP contribution in [0.4, 0.5) is 0 Å². The number of hydrogen-bond acceptors (Lipinski definition) is 4. The van der Waals surface area contributed by atoms with E-state index in [1.54, 1.807) is 0 Å². The average Bonchev–Trinajstić information content (AvgIpc) is 2.04. The number of hydrogen-bond donors (Lipinski definition) is 0. The molecular weight excluding hydrogens is 285 g/mol. The molecule has 0 atom stereocenters. The van der Waals surface area contributed by atoms with Crippen molar-refractivity contribution >= 4 is 95.9 Å². The third kappa shape index (κ3) is 575. The van der Waals surface area contributed by atoms with Gasteiger partial charge in [0.2, 0.25) is 0 Å². The molecule has 0 aliphatic rings. The van der Waals surface area contributed by atoms with Crippen molar-refractivity contribution in [1.82, 2.24) is 0 Å². The SMILES string of the molecule is C[CH2][Mg+].C[CH2][Mg+].C[CH2][Mg+].C[CH2][Mg+].[O-][Si]([O-])([O-])[O-]. The minimum Gasteiger partial charge on any atom is -0.894 e. The number of rotatable bonds is 0. The van der Waals surface area contributed by atoms with E-state index in [4.69, 9.17) is 19.2 Å². The zero-order chi connectivity index (χ0) is 15.3. The summed E-state index contributed by atoms with van der Waals surface area (Å²) in [5.41, 5.74) is 0. The van der Waals surface area contributed by atoms with E-state index in [0.717, 1.165) is 0 Å². The first kappa shape index (κ1) is 32.2. The first-order valence-electron chi connectivity index (χ1n) is 5.64. The second kappa shape index (κ2) is 36.5. The van der Waals surface area contributed by atoms with Crippen LogP contribution in [-0.2, 0) is 0 Å². The first-order chi connectivity index (χ1) is 7.66. The molecule has 0 aromatic rings. The Labute approximate surface area is 159 Å². The first-order valence-corrected chi connectivity index (χ1v) is 11.3. The summed E-state index contributed by atoms with van der Waals surface area (Å²) in [6.45, 7) is 8.55. The molecule has 4 nitrogen and oxygen atoms in total. The Morgan fingerprint density at radius 1 is 0.588 bits per heavy atom. The zero-order valence-corrected chi connectivity index (χ0v) is 18.4. The van der Waals surface area contributed by atoms with E-state index in [-0.39, 0.29) is 0 Å². The van der Waals surface area contributed by atoms with Gasteiger partial charge in [0.25, 0.3) is 0 Å². The van der Waals surface area contributed by atoms with Crippen molar-refractivity contribution in [3.05, 3.63) is 0 Å². The predicted octanol–water partition coefficient (Wildman–Crippen LogP) is -2.76. The maximum Gasteiger partial charge on any atom is -0.426 e. The fourth-order valence-corrected chi connectivity index (χ4v) is 0. The van der Waals surface area contributed by atoms with Gasteiger partial charge >= 0.3 is 133 Å². The van der Waals surface area contributed by atoms with Gasteiger partial charge in [0.15, 0.2) is 0 Å². The maximum absolute atomic E-state index is 8.58. The second-order valence-electron chi connectivity index (χ2n) is 2.50. The van der Waals surface area contributed by atoms with Crippen molar-refractivity contribution in [1.29, 1.82) is 0 Å². The molecule has 0 spiro atoms. The molecule has 0 aliphatic carbocycles. The molecule has 0 bridgehead atoms. The fourth-order valence-electron chi connectivity index (χ4n) is 0. The van der Waals surface area contributed by atoms with Crippen molar-refractivity contribution in [3.63, 3.8) is 0 Å². The molecule has 17 heavy (non-hydrogen) atoms. The van der Waals surface area contributed by atoms with Crippen LogP contribution in [0.15, 0.2) is 0 Å². The molecule has 88 valence electrons. The van der Waals surface area contributed by atoms with Gasteiger partial charge in [-0.15, -0.1) is 0 Å². The van der Waals surface area contributed by atoms with Crippen LogP contribution < -0.4 is 19.2 Å². The fraction of sp³-hybridized carbons (Fsp3) is 1.00. The van der Waals surface area contributed by atoms with Crippen molar-refractivity contribution in [2.24, 2.45) is 0 Å². The Morgan fingerprint density at radius 3 is 0.588 bits per heavy atom. The third-order valence-corrected chi connectivity index (χ3v) is 0. The van der Waals surface area contributed by atoms with Crippen LogP contribution in [0.2, 0.25) is 18.2 Å². The molecule has 0 aromatic heterocycles. The van der Waals surface area contributed by atoms with Crippen molar-refractivity contribution in [2.45, 2.75) is 45.9 Å². The minimum absolute atomic E-state index is 1.28. The molecule has 0 aromatic carbocycles. The van der Waals surface area contributed by atoms with E-state index < -0.39 is 9.05 Å². The van der Waals surface area contributed by atoms with Gasteiger partial charge in [-0.2, -0.15) is 0 Å². The van der Waals surface area contributed by atoms with Crippen molar-refractivity contribution in [3.8, 4) is 0 Å². The smallest absolute Gasteiger partial charge is 0.426 e. The van der Waals surface area contributed by atoms with Crippen LogP contribution in [0.3, 0.4) is 0 Å². The second-order valence-corrected chi connectivity index (χ2v) is 7.50. The van der Waals surface area contributed by atoms with Crippen molar-refractivity contribution < 1.29 is 19.2 Å². The summed E-state index contributed by atoms with van der Waals surface area (Å²) >= 11 is 7.90. The van der Waals surface area contributed by atoms with E-state index in [9.17, 15) is 0 Å². The Kier molecular flexibility index (Phi) is 69.0. The van der Waals surface area contributed by atoms with E-state index in [1.807, 2.05) is 86.8 Å². The third-order valence-electron chi connectivity index (χ3n) is 0. The molecule has 0 N–H and O–H groups in total. The molecule has 0 saturated heterocycles. The molecule has 0 unspecified atom stereocenters. The van der Waals surface area contributed by atoms with Gasteiger partial charge in [-0.3, -0.25) is 0 Å². The summed E-state index contributed by atoms with van der Waals surface area (Å²) in [4.78, 5) is 34.3. The normalized spacial score (nSPS) is 8.00. The van der Waals surface area contributed by atoms with Crippen LogP contribution in [0.1, 0.15) is 27.7 Å². The van der Waals surface area contributed by atoms with Gasteiger partial charge in [-0.1, -0.05) is 0 Å². The van der Waals surface area contributed by atoms with Crippen LogP contribution in [0.25, 0.3) is 0 Å². The Hall–Kier alpha value is 3.12. The average molecular weight is 306 g/mol. The van der Waals surface area contributed by atoms with Crippen LogP contribution in [0.5, 0.6) is 0 Å². The van der Waals surface area contributed by atoms with Crippen LogP contribution in [0, 0.1) is 0 Å². The molecule has 0 fully saturated rings. The van der Waals surface area contributed by atoms with Crippen molar-refractivity contribution in [2.75, 3.05) is 0 Å².